The van der Waals surface area contributed by atoms with Crippen molar-refractivity contribution in [3.8, 4) is 0 Å². The summed E-state index contributed by atoms with van der Waals surface area (Å²) in [5.41, 5.74) is 6.48. The van der Waals surface area contributed by atoms with Crippen LogP contribution in [0.25, 0.3) is 0 Å². The first-order valence-corrected chi connectivity index (χ1v) is 9.30. The molecule has 0 amide bonds. The van der Waals surface area contributed by atoms with E-state index in [0.29, 0.717) is 24.6 Å². The first-order chi connectivity index (χ1) is 10.0. The molecule has 1 aromatic carbocycles. The van der Waals surface area contributed by atoms with Gasteiger partial charge in [-0.25, -0.2) is 8.42 Å². The third kappa shape index (κ3) is 4.58. The number of anilines is 1. The first kappa shape index (κ1) is 16.6. The zero-order chi connectivity index (χ0) is 15.3. The second kappa shape index (κ2) is 7.46. The van der Waals surface area contributed by atoms with Crippen molar-refractivity contribution in [2.45, 2.75) is 11.0 Å². The second-order valence-electron chi connectivity index (χ2n) is 4.74. The molecule has 6 nitrogen and oxygen atoms in total. The first-order valence-electron chi connectivity index (χ1n) is 6.70. The Balaban J connectivity index is 1.88. The number of sulfonamides is 1. The Morgan fingerprint density at radius 1 is 1.43 bits per heavy atom. The number of morpholine rings is 1. The topological polar surface area (TPSA) is 92.9 Å². The monoisotopic (exact) mass is 332 g/mol. The lowest BCUT2D eigenvalue weighted by atomic mass is 10.3. The van der Waals surface area contributed by atoms with Crippen LogP contribution in [-0.2, 0) is 14.8 Å². The summed E-state index contributed by atoms with van der Waals surface area (Å²) in [6.45, 7) is 0.721. The van der Waals surface area contributed by atoms with E-state index in [-0.39, 0.29) is 18.9 Å². The van der Waals surface area contributed by atoms with Crippen LogP contribution in [-0.4, -0.2) is 61.7 Å². The molecule has 21 heavy (non-hydrogen) atoms. The van der Waals surface area contributed by atoms with Gasteiger partial charge in [-0.1, -0.05) is 12.1 Å². The van der Waals surface area contributed by atoms with Crippen LogP contribution >= 0.6 is 11.8 Å². The number of aliphatic hydroxyl groups is 1. The van der Waals surface area contributed by atoms with E-state index in [4.69, 9.17) is 15.6 Å². The zero-order valence-corrected chi connectivity index (χ0v) is 13.3. The average Bonchev–Trinajstić information content (AvgIpc) is 2.49. The van der Waals surface area contributed by atoms with Crippen LogP contribution in [0.4, 0.5) is 5.69 Å². The Morgan fingerprint density at radius 3 is 2.90 bits per heavy atom. The van der Waals surface area contributed by atoms with E-state index in [2.05, 4.69) is 0 Å². The van der Waals surface area contributed by atoms with E-state index in [1.165, 1.54) is 16.1 Å². The van der Waals surface area contributed by atoms with Crippen LogP contribution in [0.1, 0.15) is 0 Å². The minimum Gasteiger partial charge on any atom is -0.398 e. The molecule has 118 valence electrons. The average molecular weight is 332 g/mol. The van der Waals surface area contributed by atoms with Gasteiger partial charge < -0.3 is 15.6 Å². The molecule has 0 aromatic heterocycles. The molecule has 0 radical (unpaired) electrons. The lowest BCUT2D eigenvalue weighted by molar-refractivity contribution is -0.0304. The number of hydrogen-bond donors (Lipinski definition) is 2. The van der Waals surface area contributed by atoms with Gasteiger partial charge in [-0.05, 0) is 12.1 Å². The van der Waals surface area contributed by atoms with Crippen LogP contribution < -0.4 is 5.73 Å². The van der Waals surface area contributed by atoms with Gasteiger partial charge in [0.25, 0.3) is 0 Å². The van der Waals surface area contributed by atoms with Gasteiger partial charge in [0, 0.05) is 29.4 Å². The molecule has 0 bridgehead atoms. The number of nitrogen functional groups attached to an aromatic ring is 1. The summed E-state index contributed by atoms with van der Waals surface area (Å²) < 4.78 is 31.2. The molecule has 1 atom stereocenters. The number of nitrogens with two attached hydrogens (primary N) is 1. The summed E-state index contributed by atoms with van der Waals surface area (Å²) in [6, 6.07) is 7.40. The Bertz CT molecular complexity index is 565. The number of thioether (sulfide) groups is 1. The number of ether oxygens (including phenoxy) is 1. The van der Waals surface area contributed by atoms with E-state index in [9.17, 15) is 8.42 Å². The fourth-order valence-corrected chi connectivity index (χ4v) is 4.86. The molecule has 2 rings (SSSR count). The quantitative estimate of drug-likeness (QED) is 0.578. The highest BCUT2D eigenvalue weighted by Crippen LogP contribution is 2.24. The Kier molecular flexibility index (Phi) is 5.88. The summed E-state index contributed by atoms with van der Waals surface area (Å²) in [5.74, 6) is 0.488. The maximum Gasteiger partial charge on any atom is 0.215 e. The minimum absolute atomic E-state index is 0.0458. The highest BCUT2D eigenvalue weighted by atomic mass is 32.2. The number of hydrogen-bond acceptors (Lipinski definition) is 6. The van der Waals surface area contributed by atoms with Crippen molar-refractivity contribution >= 4 is 27.5 Å². The van der Waals surface area contributed by atoms with E-state index in [1.807, 2.05) is 18.2 Å². The van der Waals surface area contributed by atoms with Gasteiger partial charge in [-0.15, -0.1) is 11.8 Å². The van der Waals surface area contributed by atoms with Crippen molar-refractivity contribution in [1.82, 2.24) is 4.31 Å². The molecular formula is C13H20N2O4S2. The standard InChI is InChI=1S/C13H20N2O4S2/c14-12-3-1-2-4-13(12)20-7-8-21(17,18)15-5-6-19-11(9-15)10-16/h1-4,11,16H,5-10,14H2. The van der Waals surface area contributed by atoms with Gasteiger partial charge >= 0.3 is 0 Å². The van der Waals surface area contributed by atoms with Gasteiger partial charge in [0.1, 0.15) is 0 Å². The summed E-state index contributed by atoms with van der Waals surface area (Å²) in [6.07, 6.45) is -0.425. The van der Waals surface area contributed by atoms with Gasteiger partial charge in [0.05, 0.1) is 25.1 Å². The van der Waals surface area contributed by atoms with Crippen molar-refractivity contribution in [3.63, 3.8) is 0 Å². The Hall–Kier alpha value is -0.800. The van der Waals surface area contributed by atoms with Gasteiger partial charge in [-0.2, -0.15) is 4.31 Å². The lowest BCUT2D eigenvalue weighted by Gasteiger charge is -2.31. The molecule has 0 saturated carbocycles. The number of aliphatic hydroxyl groups excluding tert-OH is 1. The van der Waals surface area contributed by atoms with Crippen molar-refractivity contribution < 1.29 is 18.3 Å². The van der Waals surface area contributed by atoms with Crippen LogP contribution in [0.15, 0.2) is 29.2 Å². The summed E-state index contributed by atoms with van der Waals surface area (Å²) in [5, 5.41) is 9.07. The van der Waals surface area contributed by atoms with Crippen molar-refractivity contribution in [2.24, 2.45) is 0 Å². The van der Waals surface area contributed by atoms with Crippen LogP contribution in [0.5, 0.6) is 0 Å². The van der Waals surface area contributed by atoms with Gasteiger partial charge in [-0.3, -0.25) is 0 Å². The SMILES string of the molecule is Nc1ccccc1SCCS(=O)(=O)N1CCOC(CO)C1. The highest BCUT2D eigenvalue weighted by molar-refractivity contribution is 8.00. The molecule has 0 spiro atoms. The Morgan fingerprint density at radius 2 is 2.19 bits per heavy atom. The highest BCUT2D eigenvalue weighted by Gasteiger charge is 2.28. The molecule has 1 heterocycles. The van der Waals surface area contributed by atoms with Crippen LogP contribution in [0, 0.1) is 0 Å². The number of benzene rings is 1. The predicted octanol–water partition coefficient (Wildman–Crippen LogP) is 0.384. The fraction of sp³-hybridized carbons (Fsp3) is 0.538. The van der Waals surface area contributed by atoms with E-state index < -0.39 is 16.1 Å². The second-order valence-corrected chi connectivity index (χ2v) is 7.96. The largest absolute Gasteiger partial charge is 0.398 e. The molecule has 1 fully saturated rings. The summed E-state index contributed by atoms with van der Waals surface area (Å²) in [7, 11) is -3.33. The van der Waals surface area contributed by atoms with Gasteiger partial charge in [0.15, 0.2) is 0 Å². The molecule has 3 N–H and O–H groups in total. The van der Waals surface area contributed by atoms with E-state index in [1.54, 1.807) is 6.07 Å². The third-order valence-electron chi connectivity index (χ3n) is 3.22. The van der Waals surface area contributed by atoms with Crippen LogP contribution in [0.2, 0.25) is 0 Å². The Labute approximate surface area is 129 Å². The number of rotatable bonds is 6. The maximum absolute atomic E-state index is 12.3. The van der Waals surface area contributed by atoms with E-state index in [0.717, 1.165) is 4.90 Å². The lowest BCUT2D eigenvalue weighted by Crippen LogP contribution is -2.47. The van der Waals surface area contributed by atoms with Crippen LogP contribution in [0.3, 0.4) is 0 Å². The number of para-hydroxylation sites is 1. The molecule has 1 aromatic rings. The van der Waals surface area contributed by atoms with Crippen molar-refractivity contribution in [1.29, 1.82) is 0 Å². The van der Waals surface area contributed by atoms with E-state index >= 15 is 0 Å². The molecular weight excluding hydrogens is 312 g/mol. The normalized spacial score (nSPS) is 20.5. The molecule has 1 unspecified atom stereocenters. The molecule has 1 aliphatic heterocycles. The van der Waals surface area contributed by atoms with Crippen molar-refractivity contribution in [2.75, 3.05) is 43.5 Å². The number of nitrogens with zero attached hydrogens (tertiary/aromatic N) is 1. The summed E-state index contributed by atoms with van der Waals surface area (Å²) in [4.78, 5) is 0.892. The molecule has 1 aliphatic rings. The molecule has 1 saturated heterocycles. The van der Waals surface area contributed by atoms with Crippen molar-refractivity contribution in [3.05, 3.63) is 24.3 Å². The summed E-state index contributed by atoms with van der Waals surface area (Å²) >= 11 is 1.43. The molecule has 0 aliphatic carbocycles. The third-order valence-corrected chi connectivity index (χ3v) is 6.40. The smallest absolute Gasteiger partial charge is 0.215 e. The fourth-order valence-electron chi connectivity index (χ4n) is 2.05. The van der Waals surface area contributed by atoms with Gasteiger partial charge in [0.2, 0.25) is 10.0 Å². The zero-order valence-electron chi connectivity index (χ0n) is 11.6. The maximum atomic E-state index is 12.3. The minimum atomic E-state index is -3.33. The predicted molar refractivity (Wildman–Crippen MR) is 83.8 cm³/mol. The molecule has 8 heteroatoms.